The van der Waals surface area contributed by atoms with Crippen molar-refractivity contribution < 1.29 is 4.92 Å². The summed E-state index contributed by atoms with van der Waals surface area (Å²) >= 11 is 3.31. The first-order valence-corrected chi connectivity index (χ1v) is 6.45. The van der Waals surface area contributed by atoms with Crippen LogP contribution in [0.25, 0.3) is 0 Å². The highest BCUT2D eigenvalue weighted by atomic mass is 79.9. The second-order valence-corrected chi connectivity index (χ2v) is 5.01. The molecule has 0 radical (unpaired) electrons. The summed E-state index contributed by atoms with van der Waals surface area (Å²) in [6.07, 6.45) is 1.70. The summed E-state index contributed by atoms with van der Waals surface area (Å²) in [5.74, 6) is 0. The Balaban J connectivity index is 2.16. The van der Waals surface area contributed by atoms with E-state index in [4.69, 9.17) is 0 Å². The number of benzene rings is 1. The van der Waals surface area contributed by atoms with Crippen molar-refractivity contribution in [2.45, 2.75) is 13.5 Å². The highest BCUT2D eigenvalue weighted by Crippen LogP contribution is 2.25. The topological polar surface area (TPSA) is 68.1 Å². The monoisotopic (exact) mass is 321 g/mol. The van der Waals surface area contributed by atoms with Crippen LogP contribution < -0.4 is 5.32 Å². The molecule has 1 N–H and O–H groups in total. The quantitative estimate of drug-likeness (QED) is 0.689. The summed E-state index contributed by atoms with van der Waals surface area (Å²) in [5, 5.41) is 14.0. The van der Waals surface area contributed by atoms with Crippen LogP contribution >= 0.6 is 15.9 Å². The Bertz CT molecular complexity index is 599. The number of hydrogen-bond acceptors (Lipinski definition) is 4. The zero-order valence-electron chi connectivity index (χ0n) is 10.3. The average Bonchev–Trinajstić information content (AvgIpc) is 2.38. The first-order chi connectivity index (χ1) is 9.06. The lowest BCUT2D eigenvalue weighted by Gasteiger charge is -2.07. The predicted octanol–water partition coefficient (Wildman–Crippen LogP) is 3.67. The number of nitro groups is 1. The molecule has 0 amide bonds. The van der Waals surface area contributed by atoms with E-state index in [-0.39, 0.29) is 5.69 Å². The first-order valence-electron chi connectivity index (χ1n) is 5.65. The minimum absolute atomic E-state index is 0.0720. The molecular weight excluding hydrogens is 310 g/mol. The number of rotatable bonds is 4. The van der Waals surface area contributed by atoms with Crippen LogP contribution in [-0.4, -0.2) is 9.91 Å². The van der Waals surface area contributed by atoms with Crippen LogP contribution in [0.15, 0.2) is 41.0 Å². The Morgan fingerprint density at radius 3 is 2.79 bits per heavy atom. The van der Waals surface area contributed by atoms with E-state index >= 15 is 0 Å². The summed E-state index contributed by atoms with van der Waals surface area (Å²) < 4.78 is 0.901. The van der Waals surface area contributed by atoms with E-state index in [0.717, 1.165) is 15.7 Å². The Labute approximate surface area is 119 Å². The summed E-state index contributed by atoms with van der Waals surface area (Å²) in [6, 6.07) is 8.73. The molecule has 0 aliphatic carbocycles. The summed E-state index contributed by atoms with van der Waals surface area (Å²) in [7, 11) is 0. The third-order valence-electron chi connectivity index (χ3n) is 2.60. The van der Waals surface area contributed by atoms with Gasteiger partial charge in [-0.25, -0.2) is 0 Å². The van der Waals surface area contributed by atoms with Crippen molar-refractivity contribution in [1.29, 1.82) is 0 Å². The van der Waals surface area contributed by atoms with E-state index in [0.29, 0.717) is 12.2 Å². The van der Waals surface area contributed by atoms with Gasteiger partial charge in [0.2, 0.25) is 0 Å². The molecule has 0 saturated carbocycles. The first kappa shape index (κ1) is 13.5. The molecule has 0 saturated heterocycles. The van der Waals surface area contributed by atoms with Crippen LogP contribution in [0.3, 0.4) is 0 Å². The minimum Gasteiger partial charge on any atom is -0.374 e. The largest absolute Gasteiger partial charge is 0.374 e. The van der Waals surface area contributed by atoms with Gasteiger partial charge in [0.05, 0.1) is 17.2 Å². The minimum atomic E-state index is -0.392. The summed E-state index contributed by atoms with van der Waals surface area (Å²) in [4.78, 5) is 14.8. The number of pyridine rings is 1. The van der Waals surface area contributed by atoms with E-state index in [2.05, 4.69) is 26.2 Å². The van der Waals surface area contributed by atoms with Gasteiger partial charge < -0.3 is 5.32 Å². The summed E-state index contributed by atoms with van der Waals surface area (Å²) in [6.45, 7) is 2.34. The molecule has 1 heterocycles. The van der Waals surface area contributed by atoms with Crippen LogP contribution in [0.4, 0.5) is 11.4 Å². The molecule has 0 aliphatic rings. The second kappa shape index (κ2) is 5.79. The lowest BCUT2D eigenvalue weighted by atomic mass is 10.2. The standard InChI is InChI=1S/C13H12BrN3O2/c1-9-2-5-13(17(18)19)12(6-9)16-8-11-4-3-10(14)7-15-11/h2-7,16H,8H2,1H3. The van der Waals surface area contributed by atoms with Crippen molar-refractivity contribution >= 4 is 27.3 Å². The Kier molecular flexibility index (Phi) is 4.11. The Hall–Kier alpha value is -1.95. The SMILES string of the molecule is Cc1ccc([N+](=O)[O-])c(NCc2ccc(Br)cn2)c1. The number of anilines is 1. The maximum absolute atomic E-state index is 10.9. The Morgan fingerprint density at radius 1 is 1.37 bits per heavy atom. The van der Waals surface area contributed by atoms with E-state index in [9.17, 15) is 10.1 Å². The van der Waals surface area contributed by atoms with Gasteiger partial charge in [-0.05, 0) is 46.6 Å². The highest BCUT2D eigenvalue weighted by Gasteiger charge is 2.13. The van der Waals surface area contributed by atoms with E-state index < -0.39 is 4.92 Å². The number of aryl methyl sites for hydroxylation is 1. The van der Waals surface area contributed by atoms with Crippen molar-refractivity contribution in [3.63, 3.8) is 0 Å². The van der Waals surface area contributed by atoms with E-state index in [1.54, 1.807) is 18.3 Å². The number of aromatic nitrogens is 1. The number of halogens is 1. The van der Waals surface area contributed by atoms with Crippen molar-refractivity contribution in [3.05, 3.63) is 62.4 Å². The van der Waals surface area contributed by atoms with Crippen LogP contribution in [0.1, 0.15) is 11.3 Å². The van der Waals surface area contributed by atoms with Gasteiger partial charge in [0, 0.05) is 16.7 Å². The summed E-state index contributed by atoms with van der Waals surface area (Å²) in [5.41, 5.74) is 2.37. The maximum Gasteiger partial charge on any atom is 0.292 e. The zero-order valence-corrected chi connectivity index (χ0v) is 11.8. The van der Waals surface area contributed by atoms with Crippen molar-refractivity contribution in [3.8, 4) is 0 Å². The fraction of sp³-hybridized carbons (Fsp3) is 0.154. The van der Waals surface area contributed by atoms with Gasteiger partial charge in [-0.2, -0.15) is 0 Å². The Morgan fingerprint density at radius 2 is 2.16 bits per heavy atom. The van der Waals surface area contributed by atoms with Crippen LogP contribution in [0.2, 0.25) is 0 Å². The fourth-order valence-electron chi connectivity index (χ4n) is 1.65. The fourth-order valence-corrected chi connectivity index (χ4v) is 1.88. The van der Waals surface area contributed by atoms with Gasteiger partial charge in [0.1, 0.15) is 5.69 Å². The van der Waals surface area contributed by atoms with Gasteiger partial charge >= 0.3 is 0 Å². The average molecular weight is 322 g/mol. The van der Waals surface area contributed by atoms with E-state index in [1.165, 1.54) is 6.07 Å². The van der Waals surface area contributed by atoms with Gasteiger partial charge in [0.15, 0.2) is 0 Å². The molecule has 1 aromatic heterocycles. The smallest absolute Gasteiger partial charge is 0.292 e. The number of nitrogens with zero attached hydrogens (tertiary/aromatic N) is 2. The van der Waals surface area contributed by atoms with Crippen LogP contribution in [0.5, 0.6) is 0 Å². The molecule has 6 heteroatoms. The predicted molar refractivity (Wildman–Crippen MR) is 77.1 cm³/mol. The third kappa shape index (κ3) is 3.51. The zero-order chi connectivity index (χ0) is 13.8. The number of nitro benzene ring substituents is 1. The molecule has 0 aliphatic heterocycles. The van der Waals surface area contributed by atoms with Gasteiger partial charge in [-0.15, -0.1) is 0 Å². The normalized spacial score (nSPS) is 10.2. The molecule has 0 unspecified atom stereocenters. The molecule has 98 valence electrons. The van der Waals surface area contributed by atoms with Crippen molar-refractivity contribution in [1.82, 2.24) is 4.98 Å². The van der Waals surface area contributed by atoms with Crippen LogP contribution in [-0.2, 0) is 6.54 Å². The molecular formula is C13H12BrN3O2. The molecule has 0 fully saturated rings. The molecule has 0 spiro atoms. The van der Waals surface area contributed by atoms with E-state index in [1.807, 2.05) is 19.1 Å². The molecule has 5 nitrogen and oxygen atoms in total. The molecule has 19 heavy (non-hydrogen) atoms. The van der Waals surface area contributed by atoms with Gasteiger partial charge in [-0.1, -0.05) is 6.07 Å². The van der Waals surface area contributed by atoms with Crippen molar-refractivity contribution in [2.75, 3.05) is 5.32 Å². The van der Waals surface area contributed by atoms with Crippen molar-refractivity contribution in [2.24, 2.45) is 0 Å². The molecule has 2 aromatic rings. The van der Waals surface area contributed by atoms with Gasteiger partial charge in [-0.3, -0.25) is 15.1 Å². The number of nitrogens with one attached hydrogen (secondary N) is 1. The third-order valence-corrected chi connectivity index (χ3v) is 3.07. The highest BCUT2D eigenvalue weighted by molar-refractivity contribution is 9.10. The molecule has 2 rings (SSSR count). The number of hydrogen-bond donors (Lipinski definition) is 1. The van der Waals surface area contributed by atoms with Crippen LogP contribution in [0, 0.1) is 17.0 Å². The second-order valence-electron chi connectivity index (χ2n) is 4.10. The molecule has 0 bridgehead atoms. The molecule has 1 aromatic carbocycles. The lowest BCUT2D eigenvalue weighted by Crippen LogP contribution is -2.04. The maximum atomic E-state index is 10.9. The lowest BCUT2D eigenvalue weighted by molar-refractivity contribution is -0.384. The van der Waals surface area contributed by atoms with Gasteiger partial charge in [0.25, 0.3) is 5.69 Å². The molecule has 0 atom stereocenters.